The number of aryl methyl sites for hydroxylation is 1. The highest BCUT2D eigenvalue weighted by Crippen LogP contribution is 2.23. The van der Waals surface area contributed by atoms with Crippen molar-refractivity contribution in [3.05, 3.63) is 59.2 Å². The number of hydrogen-bond acceptors (Lipinski definition) is 7. The molecular weight excluding hydrogens is 432 g/mol. The fourth-order valence-electron chi connectivity index (χ4n) is 3.01. The summed E-state index contributed by atoms with van der Waals surface area (Å²) >= 11 is 1.24. The highest BCUT2D eigenvalue weighted by Gasteiger charge is 2.17. The molecule has 9 heteroatoms. The topological polar surface area (TPSA) is 84.4 Å². The number of sulfonamides is 1. The van der Waals surface area contributed by atoms with E-state index in [0.29, 0.717) is 33.6 Å². The lowest BCUT2D eigenvalue weighted by molar-refractivity contribution is 0.222. The number of pyridine rings is 2. The summed E-state index contributed by atoms with van der Waals surface area (Å²) in [6.07, 6.45) is 1.70. The number of rotatable bonds is 11. The van der Waals surface area contributed by atoms with Crippen LogP contribution in [0.1, 0.15) is 24.4 Å². The van der Waals surface area contributed by atoms with Crippen LogP contribution in [0.3, 0.4) is 0 Å². The number of ether oxygens (including phenoxy) is 1. The van der Waals surface area contributed by atoms with E-state index in [-0.39, 0.29) is 6.54 Å². The first-order valence-corrected chi connectivity index (χ1v) is 12.5. The molecule has 3 rings (SSSR count). The summed E-state index contributed by atoms with van der Waals surface area (Å²) in [6.45, 7) is 9.45. The SMILES string of the molecule is CCN(CC)CCOc1cc(CNS(=O)(=O)c2ccc(C)s2)nc(-c2ccccn2)c1. The molecule has 0 amide bonds. The van der Waals surface area contributed by atoms with Crippen molar-refractivity contribution in [2.24, 2.45) is 0 Å². The summed E-state index contributed by atoms with van der Waals surface area (Å²) < 4.78 is 34.1. The third kappa shape index (κ3) is 6.57. The predicted molar refractivity (Wildman–Crippen MR) is 124 cm³/mol. The van der Waals surface area contributed by atoms with Gasteiger partial charge in [0.2, 0.25) is 10.0 Å². The molecular formula is C22H28N4O3S2. The molecule has 3 heterocycles. The maximum atomic E-state index is 12.6. The van der Waals surface area contributed by atoms with Crippen molar-refractivity contribution >= 4 is 21.4 Å². The Hall–Kier alpha value is -2.33. The first kappa shape index (κ1) is 23.3. The fourth-order valence-corrected chi connectivity index (χ4v) is 5.34. The molecule has 1 N–H and O–H groups in total. The van der Waals surface area contributed by atoms with Crippen LogP contribution in [-0.2, 0) is 16.6 Å². The van der Waals surface area contributed by atoms with Gasteiger partial charge in [-0.05, 0) is 44.3 Å². The minimum Gasteiger partial charge on any atom is -0.492 e. The van der Waals surface area contributed by atoms with Crippen LogP contribution in [0, 0.1) is 6.92 Å². The molecule has 0 fully saturated rings. The van der Waals surface area contributed by atoms with Gasteiger partial charge < -0.3 is 9.64 Å². The summed E-state index contributed by atoms with van der Waals surface area (Å²) in [5, 5.41) is 0. The third-order valence-corrected chi connectivity index (χ3v) is 7.67. The average Bonchev–Trinajstić information content (AvgIpc) is 3.23. The number of thiophene rings is 1. The molecule has 0 saturated heterocycles. The van der Waals surface area contributed by atoms with Crippen LogP contribution in [0.5, 0.6) is 5.75 Å². The number of nitrogens with zero attached hydrogens (tertiary/aromatic N) is 3. The second kappa shape index (κ2) is 10.8. The van der Waals surface area contributed by atoms with Gasteiger partial charge in [-0.1, -0.05) is 19.9 Å². The number of aromatic nitrogens is 2. The van der Waals surface area contributed by atoms with Crippen LogP contribution in [-0.4, -0.2) is 49.5 Å². The quantitative estimate of drug-likeness (QED) is 0.470. The fraction of sp³-hybridized carbons (Fsp3) is 0.364. The van der Waals surface area contributed by atoms with Crippen LogP contribution in [0.15, 0.2) is 52.9 Å². The molecule has 0 aliphatic rings. The normalized spacial score (nSPS) is 11.7. The monoisotopic (exact) mass is 460 g/mol. The van der Waals surface area contributed by atoms with Crippen LogP contribution in [0.4, 0.5) is 0 Å². The van der Waals surface area contributed by atoms with E-state index < -0.39 is 10.0 Å². The van der Waals surface area contributed by atoms with E-state index in [0.717, 1.165) is 24.5 Å². The van der Waals surface area contributed by atoms with E-state index in [1.165, 1.54) is 11.3 Å². The van der Waals surface area contributed by atoms with Crippen molar-refractivity contribution in [3.8, 4) is 17.1 Å². The Balaban J connectivity index is 1.79. The summed E-state index contributed by atoms with van der Waals surface area (Å²) in [4.78, 5) is 12.2. The van der Waals surface area contributed by atoms with E-state index in [9.17, 15) is 8.42 Å². The maximum absolute atomic E-state index is 12.6. The second-order valence-corrected chi connectivity index (χ2v) is 10.2. The molecule has 0 aliphatic carbocycles. The van der Waals surface area contributed by atoms with Crippen molar-refractivity contribution < 1.29 is 13.2 Å². The Bertz CT molecular complexity index is 1080. The van der Waals surface area contributed by atoms with Gasteiger partial charge >= 0.3 is 0 Å². The molecule has 0 saturated carbocycles. The zero-order valence-electron chi connectivity index (χ0n) is 18.0. The Morgan fingerprint density at radius 3 is 2.55 bits per heavy atom. The van der Waals surface area contributed by atoms with Gasteiger partial charge in [0.1, 0.15) is 16.6 Å². The Morgan fingerprint density at radius 2 is 1.90 bits per heavy atom. The van der Waals surface area contributed by atoms with Crippen molar-refractivity contribution in [2.45, 2.75) is 31.5 Å². The van der Waals surface area contributed by atoms with Crippen LogP contribution in [0.25, 0.3) is 11.4 Å². The molecule has 0 aromatic carbocycles. The summed E-state index contributed by atoms with van der Waals surface area (Å²) in [7, 11) is -3.60. The number of hydrogen-bond donors (Lipinski definition) is 1. The minimum absolute atomic E-state index is 0.0619. The van der Waals surface area contributed by atoms with Crippen molar-refractivity contribution in [1.29, 1.82) is 0 Å². The third-order valence-electron chi connectivity index (χ3n) is 4.77. The van der Waals surface area contributed by atoms with E-state index in [4.69, 9.17) is 4.74 Å². The molecule has 3 aromatic rings. The molecule has 0 radical (unpaired) electrons. The van der Waals surface area contributed by atoms with Crippen LogP contribution in [0.2, 0.25) is 0 Å². The summed E-state index contributed by atoms with van der Waals surface area (Å²) in [5.74, 6) is 0.643. The molecule has 0 atom stereocenters. The molecule has 7 nitrogen and oxygen atoms in total. The molecule has 31 heavy (non-hydrogen) atoms. The van der Waals surface area contributed by atoms with Crippen molar-refractivity contribution in [3.63, 3.8) is 0 Å². The molecule has 3 aromatic heterocycles. The number of nitrogens with one attached hydrogen (secondary N) is 1. The lowest BCUT2D eigenvalue weighted by Gasteiger charge is -2.18. The highest BCUT2D eigenvalue weighted by atomic mass is 32.2. The minimum atomic E-state index is -3.60. The largest absolute Gasteiger partial charge is 0.492 e. The standard InChI is InChI=1S/C22H28N4O3S2/c1-4-26(5-2)12-13-29-19-14-18(25-21(15-19)20-8-6-7-11-23-20)16-24-31(27,28)22-10-9-17(3)30-22/h6-11,14-15,24H,4-5,12-13,16H2,1-3H3. The Kier molecular flexibility index (Phi) is 8.14. The summed E-state index contributed by atoms with van der Waals surface area (Å²) in [6, 6.07) is 12.6. The van der Waals surface area contributed by atoms with Crippen LogP contribution < -0.4 is 9.46 Å². The van der Waals surface area contributed by atoms with Crippen LogP contribution >= 0.6 is 11.3 Å². The van der Waals surface area contributed by atoms with Crippen molar-refractivity contribution in [2.75, 3.05) is 26.2 Å². The van der Waals surface area contributed by atoms with Gasteiger partial charge in [0.05, 0.1) is 23.6 Å². The number of likely N-dealkylation sites (N-methyl/N-ethyl adjacent to an activating group) is 1. The van der Waals surface area contributed by atoms with Gasteiger partial charge in [0, 0.05) is 29.8 Å². The van der Waals surface area contributed by atoms with E-state index in [1.807, 2.05) is 31.2 Å². The van der Waals surface area contributed by atoms with Gasteiger partial charge in [-0.2, -0.15) is 0 Å². The molecule has 166 valence electrons. The van der Waals surface area contributed by atoms with Gasteiger partial charge in [-0.25, -0.2) is 18.1 Å². The Labute approximate surface area is 188 Å². The molecule has 0 unspecified atom stereocenters. The summed E-state index contributed by atoms with van der Waals surface area (Å²) in [5.41, 5.74) is 1.91. The smallest absolute Gasteiger partial charge is 0.250 e. The first-order valence-electron chi connectivity index (χ1n) is 10.2. The zero-order valence-corrected chi connectivity index (χ0v) is 19.7. The zero-order chi connectivity index (χ0) is 22.3. The second-order valence-electron chi connectivity index (χ2n) is 6.96. The maximum Gasteiger partial charge on any atom is 0.250 e. The predicted octanol–water partition coefficient (Wildman–Crippen LogP) is 3.71. The molecule has 0 aliphatic heterocycles. The first-order chi connectivity index (χ1) is 14.9. The molecule has 0 spiro atoms. The van der Waals surface area contributed by atoms with Crippen molar-refractivity contribution in [1.82, 2.24) is 19.6 Å². The van der Waals surface area contributed by atoms with E-state index in [2.05, 4.69) is 33.4 Å². The highest BCUT2D eigenvalue weighted by molar-refractivity contribution is 7.91. The lowest BCUT2D eigenvalue weighted by atomic mass is 10.2. The van der Waals surface area contributed by atoms with Gasteiger partial charge in [0.15, 0.2) is 0 Å². The molecule has 0 bridgehead atoms. The Morgan fingerprint density at radius 1 is 1.10 bits per heavy atom. The lowest BCUT2D eigenvalue weighted by Crippen LogP contribution is -2.28. The van der Waals surface area contributed by atoms with E-state index in [1.54, 1.807) is 24.4 Å². The average molecular weight is 461 g/mol. The van der Waals surface area contributed by atoms with E-state index >= 15 is 0 Å². The van der Waals surface area contributed by atoms with Gasteiger partial charge in [0.25, 0.3) is 0 Å². The van der Waals surface area contributed by atoms with Gasteiger partial charge in [-0.15, -0.1) is 11.3 Å². The van der Waals surface area contributed by atoms with Gasteiger partial charge in [-0.3, -0.25) is 4.98 Å².